The Morgan fingerprint density at radius 1 is 1.19 bits per heavy atom. The number of hydrogen-bond acceptors (Lipinski definition) is 4. The van der Waals surface area contributed by atoms with Gasteiger partial charge in [0.2, 0.25) is 0 Å². The molecule has 1 saturated heterocycles. The second-order valence-corrected chi connectivity index (χ2v) is 5.60. The minimum Gasteiger partial charge on any atom is -0.312 e. The van der Waals surface area contributed by atoms with Crippen LogP contribution in [0, 0.1) is 0 Å². The van der Waals surface area contributed by atoms with Crippen molar-refractivity contribution in [2.45, 2.75) is 25.9 Å². The van der Waals surface area contributed by atoms with E-state index in [9.17, 15) is 9.59 Å². The van der Waals surface area contributed by atoms with Gasteiger partial charge in [0.05, 0.1) is 11.1 Å². The predicted molar refractivity (Wildman–Crippen MR) is 80.1 cm³/mol. The van der Waals surface area contributed by atoms with E-state index in [1.54, 1.807) is 12.1 Å². The fourth-order valence-electron chi connectivity index (χ4n) is 3.09. The summed E-state index contributed by atoms with van der Waals surface area (Å²) in [5, 5.41) is 3.30. The number of imide groups is 1. The maximum absolute atomic E-state index is 12.6. The molecule has 21 heavy (non-hydrogen) atoms. The summed E-state index contributed by atoms with van der Waals surface area (Å²) < 4.78 is 0. The Morgan fingerprint density at radius 3 is 2.48 bits per heavy atom. The number of fused-ring (bicyclic) bond motifs is 1. The highest BCUT2D eigenvalue weighted by atomic mass is 16.2. The molecule has 1 aromatic carbocycles. The van der Waals surface area contributed by atoms with Gasteiger partial charge in [-0.3, -0.25) is 19.4 Å². The number of carbonyl (C=O) groups excluding carboxylic acids is 2. The topological polar surface area (TPSA) is 52.6 Å². The Hall–Kier alpha value is -1.72. The Labute approximate surface area is 124 Å². The van der Waals surface area contributed by atoms with E-state index in [0.717, 1.165) is 32.5 Å². The summed E-state index contributed by atoms with van der Waals surface area (Å²) >= 11 is 0. The van der Waals surface area contributed by atoms with Gasteiger partial charge in [-0.15, -0.1) is 0 Å². The molecule has 1 fully saturated rings. The summed E-state index contributed by atoms with van der Waals surface area (Å²) in [7, 11) is 0. The van der Waals surface area contributed by atoms with Crippen LogP contribution in [0.4, 0.5) is 0 Å². The average molecular weight is 287 g/mol. The summed E-state index contributed by atoms with van der Waals surface area (Å²) in [6.45, 7) is 5.51. The lowest BCUT2D eigenvalue weighted by molar-refractivity contribution is 0.0226. The lowest BCUT2D eigenvalue weighted by Crippen LogP contribution is -2.60. The van der Waals surface area contributed by atoms with Gasteiger partial charge in [0.25, 0.3) is 11.8 Å². The van der Waals surface area contributed by atoms with E-state index in [1.165, 1.54) is 4.90 Å². The molecule has 5 nitrogen and oxygen atoms in total. The molecule has 0 aliphatic carbocycles. The number of benzene rings is 1. The van der Waals surface area contributed by atoms with Crippen LogP contribution in [-0.2, 0) is 0 Å². The molecule has 2 amide bonds. The maximum Gasteiger partial charge on any atom is 0.262 e. The normalized spacial score (nSPS) is 22.7. The number of nitrogens with one attached hydrogen (secondary N) is 1. The van der Waals surface area contributed by atoms with Crippen LogP contribution in [0.1, 0.15) is 40.5 Å². The van der Waals surface area contributed by atoms with E-state index < -0.39 is 0 Å². The first kappa shape index (κ1) is 14.2. The summed E-state index contributed by atoms with van der Waals surface area (Å²) in [5.41, 5.74) is 1.06. The highest BCUT2D eigenvalue weighted by Crippen LogP contribution is 2.26. The molecule has 0 radical (unpaired) electrons. The Balaban J connectivity index is 1.86. The van der Waals surface area contributed by atoms with Crippen molar-refractivity contribution in [2.24, 2.45) is 0 Å². The number of amides is 2. The summed E-state index contributed by atoms with van der Waals surface area (Å²) in [5.74, 6) is -0.323. The third-order valence-electron chi connectivity index (χ3n) is 4.25. The van der Waals surface area contributed by atoms with Crippen molar-refractivity contribution in [1.82, 2.24) is 15.1 Å². The van der Waals surface area contributed by atoms with Crippen molar-refractivity contribution in [2.75, 3.05) is 26.2 Å². The molecular weight excluding hydrogens is 266 g/mol. The Morgan fingerprint density at radius 2 is 1.86 bits per heavy atom. The van der Waals surface area contributed by atoms with Gasteiger partial charge >= 0.3 is 0 Å². The zero-order valence-corrected chi connectivity index (χ0v) is 12.3. The van der Waals surface area contributed by atoms with E-state index in [0.29, 0.717) is 17.7 Å². The first-order valence-electron chi connectivity index (χ1n) is 7.65. The van der Waals surface area contributed by atoms with Crippen LogP contribution in [0.5, 0.6) is 0 Å². The zero-order chi connectivity index (χ0) is 14.8. The molecule has 1 unspecified atom stereocenters. The second-order valence-electron chi connectivity index (χ2n) is 5.60. The van der Waals surface area contributed by atoms with Gasteiger partial charge in [-0.05, 0) is 18.6 Å². The number of piperazine rings is 1. The zero-order valence-electron chi connectivity index (χ0n) is 12.3. The van der Waals surface area contributed by atoms with E-state index in [-0.39, 0.29) is 18.0 Å². The molecule has 2 heterocycles. The largest absolute Gasteiger partial charge is 0.312 e. The van der Waals surface area contributed by atoms with E-state index in [4.69, 9.17) is 0 Å². The van der Waals surface area contributed by atoms with Crippen molar-refractivity contribution in [1.29, 1.82) is 0 Å². The highest BCUT2D eigenvalue weighted by molar-refractivity contribution is 6.21. The molecular formula is C16H21N3O2. The highest BCUT2D eigenvalue weighted by Gasteiger charge is 2.42. The number of nitrogens with zero attached hydrogens (tertiary/aromatic N) is 2. The number of unbranched alkanes of at least 4 members (excludes halogenated alkanes) is 1. The molecule has 112 valence electrons. The molecule has 5 heteroatoms. The molecule has 1 aromatic rings. The molecule has 0 saturated carbocycles. The van der Waals surface area contributed by atoms with Crippen molar-refractivity contribution in [3.8, 4) is 0 Å². The van der Waals surface area contributed by atoms with Crippen LogP contribution in [-0.4, -0.2) is 54.0 Å². The Bertz CT molecular complexity index is 523. The molecule has 3 rings (SSSR count). The van der Waals surface area contributed by atoms with E-state index in [2.05, 4.69) is 17.1 Å². The minimum atomic E-state index is -0.169. The molecule has 0 bridgehead atoms. The fraction of sp³-hybridized carbons (Fsp3) is 0.500. The monoisotopic (exact) mass is 287 g/mol. The standard InChI is InChI=1S/C16H21N3O2/c1-2-3-9-18-10-8-17-11-14(18)19-15(20)12-6-4-5-7-13(12)16(19)21/h4-7,14,17H,2-3,8-11H2,1H3. The van der Waals surface area contributed by atoms with Crippen molar-refractivity contribution in [3.63, 3.8) is 0 Å². The Kier molecular flexibility index (Phi) is 4.03. The molecule has 2 aliphatic rings. The van der Waals surface area contributed by atoms with Gasteiger partial charge in [0, 0.05) is 26.2 Å². The SMILES string of the molecule is CCCCN1CCNCC1N1C(=O)c2ccccc2C1=O. The summed E-state index contributed by atoms with van der Waals surface area (Å²) in [6.07, 6.45) is 2.02. The van der Waals surface area contributed by atoms with E-state index >= 15 is 0 Å². The smallest absolute Gasteiger partial charge is 0.262 e. The first-order valence-corrected chi connectivity index (χ1v) is 7.65. The number of hydrogen-bond donors (Lipinski definition) is 1. The number of carbonyl (C=O) groups is 2. The van der Waals surface area contributed by atoms with Crippen LogP contribution in [0.3, 0.4) is 0 Å². The van der Waals surface area contributed by atoms with Crippen LogP contribution >= 0.6 is 0 Å². The third kappa shape index (κ3) is 2.47. The van der Waals surface area contributed by atoms with Gasteiger partial charge in [-0.2, -0.15) is 0 Å². The maximum atomic E-state index is 12.6. The number of rotatable bonds is 4. The van der Waals surface area contributed by atoms with Crippen molar-refractivity contribution in [3.05, 3.63) is 35.4 Å². The molecule has 0 spiro atoms. The van der Waals surface area contributed by atoms with Crippen LogP contribution in [0.2, 0.25) is 0 Å². The lowest BCUT2D eigenvalue weighted by Gasteiger charge is -2.40. The molecule has 2 aliphatic heterocycles. The van der Waals surface area contributed by atoms with Gasteiger partial charge in [0.15, 0.2) is 0 Å². The van der Waals surface area contributed by atoms with Crippen LogP contribution in [0.15, 0.2) is 24.3 Å². The fourth-order valence-corrected chi connectivity index (χ4v) is 3.09. The van der Waals surface area contributed by atoms with E-state index in [1.807, 2.05) is 12.1 Å². The van der Waals surface area contributed by atoms with Crippen molar-refractivity contribution >= 4 is 11.8 Å². The van der Waals surface area contributed by atoms with Crippen LogP contribution < -0.4 is 5.32 Å². The van der Waals surface area contributed by atoms with Gasteiger partial charge in [-0.1, -0.05) is 25.5 Å². The summed E-state index contributed by atoms with van der Waals surface area (Å²) in [4.78, 5) is 28.8. The predicted octanol–water partition coefficient (Wildman–Crippen LogP) is 1.31. The summed E-state index contributed by atoms with van der Waals surface area (Å²) in [6, 6.07) is 7.09. The average Bonchev–Trinajstić information content (AvgIpc) is 2.78. The van der Waals surface area contributed by atoms with Crippen LogP contribution in [0.25, 0.3) is 0 Å². The second kappa shape index (κ2) is 5.95. The van der Waals surface area contributed by atoms with Gasteiger partial charge < -0.3 is 5.32 Å². The quantitative estimate of drug-likeness (QED) is 0.849. The molecule has 1 N–H and O–H groups in total. The molecule has 1 atom stereocenters. The van der Waals surface area contributed by atoms with Crippen molar-refractivity contribution < 1.29 is 9.59 Å². The van der Waals surface area contributed by atoms with Gasteiger partial charge in [-0.25, -0.2) is 0 Å². The lowest BCUT2D eigenvalue weighted by atomic mass is 10.1. The minimum absolute atomic E-state index is 0.161. The van der Waals surface area contributed by atoms with Gasteiger partial charge in [0.1, 0.15) is 6.17 Å². The molecule has 0 aromatic heterocycles. The third-order valence-corrected chi connectivity index (χ3v) is 4.25. The first-order chi connectivity index (χ1) is 10.2.